The van der Waals surface area contributed by atoms with Crippen LogP contribution in [0.5, 0.6) is 0 Å². The Morgan fingerprint density at radius 2 is 2.10 bits per heavy atom. The van der Waals surface area contributed by atoms with Crippen LogP contribution in [0.3, 0.4) is 0 Å². The number of halogens is 1. The van der Waals surface area contributed by atoms with Gasteiger partial charge in [0, 0.05) is 11.6 Å². The van der Waals surface area contributed by atoms with Gasteiger partial charge in [0.1, 0.15) is 17.5 Å². The molecule has 1 spiro atoms. The molecule has 2 atom stereocenters. The number of carbonyl (C=O) groups excluding carboxylic acids is 1. The van der Waals surface area contributed by atoms with Crippen LogP contribution in [0.15, 0.2) is 24.3 Å². The van der Waals surface area contributed by atoms with Crippen molar-refractivity contribution in [2.45, 2.75) is 56.8 Å². The van der Waals surface area contributed by atoms with E-state index in [2.05, 4.69) is 12.2 Å². The van der Waals surface area contributed by atoms with Gasteiger partial charge in [0.2, 0.25) is 5.91 Å². The molecule has 1 amide bonds. The van der Waals surface area contributed by atoms with Gasteiger partial charge in [-0.2, -0.15) is 0 Å². The summed E-state index contributed by atoms with van der Waals surface area (Å²) in [5.74, 6) is 0.692. The van der Waals surface area contributed by atoms with E-state index >= 15 is 0 Å². The highest BCUT2D eigenvalue weighted by atomic mass is 19.1. The van der Waals surface area contributed by atoms with E-state index in [1.807, 2.05) is 11.0 Å². The third-order valence-electron chi connectivity index (χ3n) is 5.13. The zero-order valence-electron chi connectivity index (χ0n) is 12.3. The second kappa shape index (κ2) is 4.54. The lowest BCUT2D eigenvalue weighted by Gasteiger charge is -2.31. The molecule has 0 bridgehead atoms. The van der Waals surface area contributed by atoms with E-state index in [-0.39, 0.29) is 23.9 Å². The number of nitrogens with zero attached hydrogens (tertiary/aromatic N) is 1. The van der Waals surface area contributed by atoms with Gasteiger partial charge in [0.25, 0.3) is 0 Å². The summed E-state index contributed by atoms with van der Waals surface area (Å²) in [6.45, 7) is 2.10. The summed E-state index contributed by atoms with van der Waals surface area (Å²) in [6, 6.07) is 6.97. The first-order valence-corrected chi connectivity index (χ1v) is 7.96. The quantitative estimate of drug-likeness (QED) is 0.924. The van der Waals surface area contributed by atoms with E-state index in [9.17, 15) is 9.18 Å². The van der Waals surface area contributed by atoms with Crippen molar-refractivity contribution in [3.8, 4) is 0 Å². The first-order valence-electron chi connectivity index (χ1n) is 7.96. The lowest BCUT2D eigenvalue weighted by Crippen LogP contribution is -2.39. The monoisotopic (exact) mass is 288 g/mol. The molecule has 1 heterocycles. The summed E-state index contributed by atoms with van der Waals surface area (Å²) in [7, 11) is 0. The third-order valence-corrected chi connectivity index (χ3v) is 5.13. The molecule has 1 aromatic rings. The zero-order chi connectivity index (χ0) is 14.6. The van der Waals surface area contributed by atoms with Crippen LogP contribution >= 0.6 is 0 Å². The number of hydrogen-bond donors (Lipinski definition) is 1. The second-order valence-electron chi connectivity index (χ2n) is 6.89. The van der Waals surface area contributed by atoms with Crippen LogP contribution in [-0.2, 0) is 4.79 Å². The van der Waals surface area contributed by atoms with Crippen molar-refractivity contribution in [2.75, 3.05) is 0 Å². The Morgan fingerprint density at radius 1 is 1.38 bits per heavy atom. The minimum atomic E-state index is -0.398. The lowest BCUT2D eigenvalue weighted by molar-refractivity contribution is -0.133. The first kappa shape index (κ1) is 13.3. The molecular formula is C17H21FN2O. The van der Waals surface area contributed by atoms with Crippen LogP contribution in [0.2, 0.25) is 0 Å². The average molecular weight is 288 g/mol. The Bertz CT molecular complexity index is 580. The zero-order valence-corrected chi connectivity index (χ0v) is 12.3. The van der Waals surface area contributed by atoms with Gasteiger partial charge in [-0.3, -0.25) is 10.1 Å². The van der Waals surface area contributed by atoms with Crippen molar-refractivity contribution >= 4 is 5.91 Å². The summed E-state index contributed by atoms with van der Waals surface area (Å²) in [5.41, 5.74) is 0.197. The minimum Gasteiger partial charge on any atom is -0.318 e. The van der Waals surface area contributed by atoms with Gasteiger partial charge in [-0.05, 0) is 38.2 Å². The Morgan fingerprint density at radius 3 is 2.71 bits per heavy atom. The van der Waals surface area contributed by atoms with Crippen molar-refractivity contribution in [1.82, 2.24) is 10.2 Å². The molecule has 4 rings (SSSR count). The molecule has 3 fully saturated rings. The molecule has 1 aliphatic heterocycles. The molecule has 0 radical (unpaired) electrons. The molecule has 2 unspecified atom stereocenters. The van der Waals surface area contributed by atoms with Crippen molar-refractivity contribution in [3.05, 3.63) is 35.6 Å². The number of rotatable bonds is 4. The van der Waals surface area contributed by atoms with Crippen LogP contribution in [0.1, 0.15) is 50.8 Å². The molecule has 1 N–H and O–H groups in total. The molecule has 2 saturated carbocycles. The van der Waals surface area contributed by atoms with E-state index in [0.29, 0.717) is 5.56 Å². The summed E-state index contributed by atoms with van der Waals surface area (Å²) < 4.78 is 14.2. The largest absolute Gasteiger partial charge is 0.318 e. The Balaban J connectivity index is 1.66. The predicted octanol–water partition coefficient (Wildman–Crippen LogP) is 2.98. The standard InChI is InChI=1S/C17H21FN2O/c1-11(10-12-6-7-12)20-15(13-4-2-3-5-14(13)18)19-17(8-9-17)16(20)21/h2-5,11-12,15,19H,6-10H2,1H3. The van der Waals surface area contributed by atoms with E-state index in [1.54, 1.807) is 12.1 Å². The molecule has 1 saturated heterocycles. The highest BCUT2D eigenvalue weighted by Crippen LogP contribution is 2.48. The van der Waals surface area contributed by atoms with Crippen LogP contribution < -0.4 is 5.32 Å². The Hall–Kier alpha value is -1.42. The Kier molecular flexibility index (Phi) is 2.86. The number of nitrogens with one attached hydrogen (secondary N) is 1. The highest BCUT2D eigenvalue weighted by molar-refractivity contribution is 5.92. The molecule has 0 aromatic heterocycles. The fourth-order valence-electron chi connectivity index (χ4n) is 3.57. The molecule has 21 heavy (non-hydrogen) atoms. The molecule has 3 aliphatic rings. The van der Waals surface area contributed by atoms with Crippen LogP contribution in [0.25, 0.3) is 0 Å². The smallest absolute Gasteiger partial charge is 0.244 e. The van der Waals surface area contributed by atoms with Gasteiger partial charge < -0.3 is 4.90 Å². The first-order chi connectivity index (χ1) is 10.1. The number of carbonyl (C=O) groups is 1. The molecular weight excluding hydrogens is 267 g/mol. The number of hydrogen-bond acceptors (Lipinski definition) is 2. The van der Waals surface area contributed by atoms with Crippen molar-refractivity contribution in [3.63, 3.8) is 0 Å². The minimum absolute atomic E-state index is 0.169. The SMILES string of the molecule is CC(CC1CC1)N1C(=O)C2(CC2)NC1c1ccccc1F. The maximum absolute atomic E-state index is 14.2. The van der Waals surface area contributed by atoms with E-state index in [4.69, 9.17) is 0 Å². The van der Waals surface area contributed by atoms with Gasteiger partial charge in [0.15, 0.2) is 0 Å². The van der Waals surface area contributed by atoms with Gasteiger partial charge in [-0.1, -0.05) is 31.0 Å². The van der Waals surface area contributed by atoms with Crippen LogP contribution in [0, 0.1) is 11.7 Å². The summed E-state index contributed by atoms with van der Waals surface area (Å²) in [4.78, 5) is 14.7. The predicted molar refractivity (Wildman–Crippen MR) is 77.9 cm³/mol. The topological polar surface area (TPSA) is 32.3 Å². The number of benzene rings is 1. The fraction of sp³-hybridized carbons (Fsp3) is 0.588. The average Bonchev–Trinajstić information content (AvgIpc) is 3.34. The van der Waals surface area contributed by atoms with E-state index < -0.39 is 5.54 Å². The van der Waals surface area contributed by atoms with Gasteiger partial charge in [-0.25, -0.2) is 4.39 Å². The van der Waals surface area contributed by atoms with Crippen molar-refractivity contribution < 1.29 is 9.18 Å². The number of amides is 1. The van der Waals surface area contributed by atoms with Crippen molar-refractivity contribution in [2.24, 2.45) is 5.92 Å². The van der Waals surface area contributed by atoms with E-state index in [0.717, 1.165) is 25.2 Å². The van der Waals surface area contributed by atoms with Crippen molar-refractivity contribution in [1.29, 1.82) is 0 Å². The lowest BCUT2D eigenvalue weighted by atomic mass is 10.1. The molecule has 1 aromatic carbocycles. The molecule has 4 heteroatoms. The molecule has 112 valence electrons. The summed E-state index contributed by atoms with van der Waals surface area (Å²) in [6.07, 6.45) is 5.03. The van der Waals surface area contributed by atoms with Gasteiger partial charge in [0.05, 0.1) is 0 Å². The molecule has 2 aliphatic carbocycles. The highest BCUT2D eigenvalue weighted by Gasteiger charge is 2.60. The summed E-state index contributed by atoms with van der Waals surface area (Å²) >= 11 is 0. The third kappa shape index (κ3) is 2.16. The van der Waals surface area contributed by atoms with Gasteiger partial charge >= 0.3 is 0 Å². The maximum Gasteiger partial charge on any atom is 0.244 e. The second-order valence-corrected chi connectivity index (χ2v) is 6.89. The van der Waals surface area contributed by atoms with Crippen LogP contribution in [0.4, 0.5) is 4.39 Å². The van der Waals surface area contributed by atoms with E-state index in [1.165, 1.54) is 18.9 Å². The van der Waals surface area contributed by atoms with Gasteiger partial charge in [-0.15, -0.1) is 0 Å². The van der Waals surface area contributed by atoms with Crippen LogP contribution in [-0.4, -0.2) is 22.4 Å². The maximum atomic E-state index is 14.2. The Labute approximate surface area is 124 Å². The summed E-state index contributed by atoms with van der Waals surface area (Å²) in [5, 5.41) is 3.41. The normalized spacial score (nSPS) is 28.2. The molecule has 3 nitrogen and oxygen atoms in total. The fourth-order valence-corrected chi connectivity index (χ4v) is 3.57.